The summed E-state index contributed by atoms with van der Waals surface area (Å²) in [5.74, 6) is 0.788. The Morgan fingerprint density at radius 2 is 1.84 bits per heavy atom. The van der Waals surface area contributed by atoms with Crippen molar-refractivity contribution in [2.24, 2.45) is 0 Å². The van der Waals surface area contributed by atoms with Gasteiger partial charge in [-0.2, -0.15) is 0 Å². The maximum Gasteiger partial charge on any atom is 0.252 e. The first-order valence-corrected chi connectivity index (χ1v) is 9.73. The van der Waals surface area contributed by atoms with Crippen LogP contribution in [-0.2, 0) is 6.42 Å². The molecule has 0 atom stereocenters. The molecule has 0 heterocycles. The molecular formula is C21H27NO2S. The monoisotopic (exact) mass is 357 g/mol. The second-order valence-corrected chi connectivity index (χ2v) is 7.78. The molecule has 1 N–H and O–H groups in total. The summed E-state index contributed by atoms with van der Waals surface area (Å²) in [5.41, 5.74) is 2.05. The van der Waals surface area contributed by atoms with E-state index in [-0.39, 0.29) is 5.91 Å². The lowest BCUT2D eigenvalue weighted by Gasteiger charge is -2.12. The van der Waals surface area contributed by atoms with E-state index in [2.05, 4.69) is 38.2 Å². The molecule has 2 rings (SSSR count). The zero-order valence-electron chi connectivity index (χ0n) is 15.2. The maximum absolute atomic E-state index is 12.4. The lowest BCUT2D eigenvalue weighted by atomic mass is 10.1. The summed E-state index contributed by atoms with van der Waals surface area (Å²) >= 11 is 1.70. The van der Waals surface area contributed by atoms with E-state index in [1.54, 1.807) is 11.8 Å². The number of nitrogens with one attached hydrogen (secondary N) is 1. The van der Waals surface area contributed by atoms with E-state index in [1.165, 1.54) is 5.56 Å². The van der Waals surface area contributed by atoms with Crippen LogP contribution in [-0.4, -0.2) is 24.3 Å². The summed E-state index contributed by atoms with van der Waals surface area (Å²) < 4.78 is 5.70. The molecule has 0 aliphatic rings. The Balaban J connectivity index is 1.81. The van der Waals surface area contributed by atoms with Crippen molar-refractivity contribution in [3.05, 3.63) is 59.7 Å². The number of thioether (sulfide) groups is 1. The van der Waals surface area contributed by atoms with Gasteiger partial charge >= 0.3 is 0 Å². The molecule has 0 aromatic heterocycles. The van der Waals surface area contributed by atoms with Gasteiger partial charge in [-0.15, -0.1) is 11.8 Å². The highest BCUT2D eigenvalue weighted by Crippen LogP contribution is 2.26. The van der Waals surface area contributed by atoms with Gasteiger partial charge in [0.2, 0.25) is 0 Å². The lowest BCUT2D eigenvalue weighted by molar-refractivity contribution is 0.0944. The number of benzene rings is 2. The molecule has 0 radical (unpaired) electrons. The third-order valence-corrected chi connectivity index (χ3v) is 4.69. The molecule has 2 aromatic rings. The summed E-state index contributed by atoms with van der Waals surface area (Å²) in [4.78, 5) is 13.4. The summed E-state index contributed by atoms with van der Waals surface area (Å²) in [5, 5.41) is 3.38. The largest absolute Gasteiger partial charge is 0.492 e. The zero-order valence-corrected chi connectivity index (χ0v) is 16.1. The Morgan fingerprint density at radius 3 is 2.52 bits per heavy atom. The van der Waals surface area contributed by atoms with Gasteiger partial charge in [-0.3, -0.25) is 4.79 Å². The Labute approximate surface area is 155 Å². The number of ether oxygens (including phenoxy) is 1. The lowest BCUT2D eigenvalue weighted by Crippen LogP contribution is -2.28. The number of aryl methyl sites for hydroxylation is 1. The Kier molecular flexibility index (Phi) is 7.86. The highest BCUT2D eigenvalue weighted by Gasteiger charge is 2.11. The summed E-state index contributed by atoms with van der Waals surface area (Å²) in [6, 6.07) is 15.9. The van der Waals surface area contributed by atoms with Crippen molar-refractivity contribution in [1.29, 1.82) is 0 Å². The Bertz CT molecular complexity index is 668. The molecule has 0 saturated heterocycles. The smallest absolute Gasteiger partial charge is 0.252 e. The van der Waals surface area contributed by atoms with Gasteiger partial charge in [-0.25, -0.2) is 0 Å². The van der Waals surface area contributed by atoms with Crippen LogP contribution in [0.4, 0.5) is 0 Å². The standard InChI is InChI=1S/C21H27NO2S/c1-4-7-17-10-12-18(13-11-17)24-15-14-22-21(23)19-8-5-6-9-20(19)25-16(2)3/h5-6,8-13,16H,4,7,14-15H2,1-3H3,(H,22,23). The van der Waals surface area contributed by atoms with E-state index in [4.69, 9.17) is 4.74 Å². The highest BCUT2D eigenvalue weighted by molar-refractivity contribution is 8.00. The van der Waals surface area contributed by atoms with Crippen LogP contribution in [0.15, 0.2) is 53.4 Å². The summed E-state index contributed by atoms with van der Waals surface area (Å²) in [6.07, 6.45) is 2.23. The third kappa shape index (κ3) is 6.46. The minimum atomic E-state index is -0.0503. The van der Waals surface area contributed by atoms with Gasteiger partial charge in [-0.05, 0) is 36.2 Å². The van der Waals surface area contributed by atoms with Crippen LogP contribution >= 0.6 is 11.8 Å². The van der Waals surface area contributed by atoms with Crippen molar-refractivity contribution >= 4 is 17.7 Å². The average Bonchev–Trinajstić information content (AvgIpc) is 2.60. The van der Waals surface area contributed by atoms with Crippen LogP contribution in [0.5, 0.6) is 5.75 Å². The van der Waals surface area contributed by atoms with Crippen LogP contribution in [0, 0.1) is 0 Å². The number of hydrogen-bond acceptors (Lipinski definition) is 3. The number of carbonyl (C=O) groups is 1. The molecule has 0 spiro atoms. The molecule has 0 fully saturated rings. The molecule has 134 valence electrons. The SMILES string of the molecule is CCCc1ccc(OCCNC(=O)c2ccccc2SC(C)C)cc1. The highest BCUT2D eigenvalue weighted by atomic mass is 32.2. The number of carbonyl (C=O) groups excluding carboxylic acids is 1. The van der Waals surface area contributed by atoms with Gasteiger partial charge in [0, 0.05) is 10.1 Å². The average molecular weight is 358 g/mol. The number of hydrogen-bond donors (Lipinski definition) is 1. The van der Waals surface area contributed by atoms with E-state index in [9.17, 15) is 4.79 Å². The van der Waals surface area contributed by atoms with Crippen LogP contribution in [0.1, 0.15) is 43.1 Å². The molecule has 4 heteroatoms. The summed E-state index contributed by atoms with van der Waals surface area (Å²) in [7, 11) is 0. The van der Waals surface area contributed by atoms with E-state index in [0.717, 1.165) is 29.1 Å². The van der Waals surface area contributed by atoms with Crippen molar-refractivity contribution in [2.45, 2.75) is 43.8 Å². The van der Waals surface area contributed by atoms with Crippen molar-refractivity contribution in [1.82, 2.24) is 5.32 Å². The van der Waals surface area contributed by atoms with Crippen LogP contribution < -0.4 is 10.1 Å². The Morgan fingerprint density at radius 1 is 1.12 bits per heavy atom. The Hall–Kier alpha value is -1.94. The molecule has 0 unspecified atom stereocenters. The van der Waals surface area contributed by atoms with Gasteiger partial charge in [0.15, 0.2) is 0 Å². The molecule has 0 saturated carbocycles. The minimum Gasteiger partial charge on any atom is -0.492 e. The first kappa shape index (κ1) is 19.4. The molecule has 2 aromatic carbocycles. The van der Waals surface area contributed by atoms with Gasteiger partial charge in [0.25, 0.3) is 5.91 Å². The molecule has 0 bridgehead atoms. The second-order valence-electron chi connectivity index (χ2n) is 6.16. The van der Waals surface area contributed by atoms with Crippen molar-refractivity contribution in [3.63, 3.8) is 0 Å². The van der Waals surface area contributed by atoms with Crippen LogP contribution in [0.2, 0.25) is 0 Å². The molecule has 0 aliphatic heterocycles. The fourth-order valence-electron chi connectivity index (χ4n) is 2.48. The first-order valence-electron chi connectivity index (χ1n) is 8.85. The maximum atomic E-state index is 12.4. The van der Waals surface area contributed by atoms with Crippen molar-refractivity contribution in [3.8, 4) is 5.75 Å². The number of rotatable bonds is 9. The van der Waals surface area contributed by atoms with Gasteiger partial charge in [0.1, 0.15) is 12.4 Å². The van der Waals surface area contributed by atoms with E-state index < -0.39 is 0 Å². The topological polar surface area (TPSA) is 38.3 Å². The predicted molar refractivity (Wildman–Crippen MR) is 106 cm³/mol. The van der Waals surface area contributed by atoms with E-state index >= 15 is 0 Å². The van der Waals surface area contributed by atoms with E-state index in [0.29, 0.717) is 18.4 Å². The molecule has 25 heavy (non-hydrogen) atoms. The first-order chi connectivity index (χ1) is 12.1. The predicted octanol–water partition coefficient (Wildman–Crippen LogP) is 4.95. The van der Waals surface area contributed by atoms with Crippen LogP contribution in [0.25, 0.3) is 0 Å². The van der Waals surface area contributed by atoms with E-state index in [1.807, 2.05) is 36.4 Å². The molecule has 3 nitrogen and oxygen atoms in total. The van der Waals surface area contributed by atoms with Crippen molar-refractivity contribution in [2.75, 3.05) is 13.2 Å². The molecule has 0 aliphatic carbocycles. The summed E-state index contributed by atoms with van der Waals surface area (Å²) in [6.45, 7) is 7.36. The fourth-order valence-corrected chi connectivity index (χ4v) is 3.43. The zero-order chi connectivity index (χ0) is 18.1. The number of amides is 1. The second kappa shape index (κ2) is 10.1. The third-order valence-electron chi connectivity index (χ3n) is 3.61. The van der Waals surface area contributed by atoms with Gasteiger partial charge < -0.3 is 10.1 Å². The van der Waals surface area contributed by atoms with Gasteiger partial charge in [-0.1, -0.05) is 51.5 Å². The van der Waals surface area contributed by atoms with Crippen molar-refractivity contribution < 1.29 is 9.53 Å². The van der Waals surface area contributed by atoms with Crippen LogP contribution in [0.3, 0.4) is 0 Å². The quantitative estimate of drug-likeness (QED) is 0.510. The molecule has 1 amide bonds. The minimum absolute atomic E-state index is 0.0503. The normalized spacial score (nSPS) is 10.7. The fraction of sp³-hybridized carbons (Fsp3) is 0.381. The van der Waals surface area contributed by atoms with Gasteiger partial charge in [0.05, 0.1) is 12.1 Å². The molecular weight excluding hydrogens is 330 g/mol.